The summed E-state index contributed by atoms with van der Waals surface area (Å²) in [5, 5.41) is 0. The Balaban J connectivity index is 2.37. The fourth-order valence-corrected chi connectivity index (χ4v) is 2.23. The number of hydrogen-bond donors (Lipinski definition) is 0. The van der Waals surface area contributed by atoms with Gasteiger partial charge in [-0.05, 0) is 37.7 Å². The van der Waals surface area contributed by atoms with Crippen molar-refractivity contribution in [3.8, 4) is 0 Å². The molecule has 0 spiro atoms. The Hall–Kier alpha value is -0.300. The molecule has 0 aliphatic heterocycles. The Morgan fingerprint density at radius 3 is 2.20 bits per heavy atom. The molecule has 15 heavy (non-hydrogen) atoms. The first-order valence-electron chi connectivity index (χ1n) is 5.77. The molecule has 84 valence electrons. The van der Waals surface area contributed by atoms with Crippen LogP contribution in [0.1, 0.15) is 37.8 Å². The van der Waals surface area contributed by atoms with Crippen LogP contribution in [0.25, 0.3) is 0 Å². The zero-order valence-electron chi connectivity index (χ0n) is 9.96. The lowest BCUT2D eigenvalue weighted by Crippen LogP contribution is -2.04. The van der Waals surface area contributed by atoms with Crippen molar-refractivity contribution in [3.05, 3.63) is 35.4 Å². The molecule has 0 aromatic heterocycles. The van der Waals surface area contributed by atoms with Crippen LogP contribution < -0.4 is 0 Å². The van der Waals surface area contributed by atoms with Crippen LogP contribution in [0.15, 0.2) is 24.3 Å². The minimum atomic E-state index is 0.627. The fourth-order valence-electron chi connectivity index (χ4n) is 1.60. The van der Waals surface area contributed by atoms with E-state index in [9.17, 15) is 0 Å². The second-order valence-corrected chi connectivity index (χ2v) is 6.05. The Morgan fingerprint density at radius 2 is 1.67 bits per heavy atom. The summed E-state index contributed by atoms with van der Waals surface area (Å²) in [4.78, 5) is 0.627. The molecule has 0 aliphatic carbocycles. The maximum absolute atomic E-state index is 3.76. The maximum atomic E-state index is 3.76. The molecule has 0 radical (unpaired) electrons. The molecule has 0 nitrogen and oxygen atoms in total. The van der Waals surface area contributed by atoms with Crippen LogP contribution in [-0.2, 0) is 6.42 Å². The van der Waals surface area contributed by atoms with Crippen molar-refractivity contribution in [2.24, 2.45) is 5.92 Å². The van der Waals surface area contributed by atoms with Gasteiger partial charge in [0.15, 0.2) is 0 Å². The van der Waals surface area contributed by atoms with E-state index in [1.165, 1.54) is 24.0 Å². The Bertz CT molecular complexity index is 274. The van der Waals surface area contributed by atoms with Crippen LogP contribution in [0.2, 0.25) is 0 Å². The first-order chi connectivity index (χ1) is 7.08. The number of aryl methyl sites for hydroxylation is 1. The molecule has 1 atom stereocenters. The third kappa shape index (κ3) is 5.36. The molecule has 0 fully saturated rings. The lowest BCUT2D eigenvalue weighted by molar-refractivity contribution is 0.547. The quantitative estimate of drug-likeness (QED) is 0.677. The highest BCUT2D eigenvalue weighted by Gasteiger charge is 2.06. The van der Waals surface area contributed by atoms with E-state index in [4.69, 9.17) is 0 Å². The zero-order chi connectivity index (χ0) is 11.3. The average Bonchev–Trinajstić information content (AvgIpc) is 2.19. The highest BCUT2D eigenvalue weighted by atomic mass is 79.9. The summed E-state index contributed by atoms with van der Waals surface area (Å²) >= 11 is 3.76. The number of benzene rings is 1. The Morgan fingerprint density at radius 1 is 1.07 bits per heavy atom. The molecule has 1 aromatic rings. The van der Waals surface area contributed by atoms with Gasteiger partial charge in [-0.25, -0.2) is 0 Å². The van der Waals surface area contributed by atoms with Crippen molar-refractivity contribution in [2.45, 2.75) is 44.9 Å². The minimum Gasteiger partial charge on any atom is -0.0887 e. The van der Waals surface area contributed by atoms with Gasteiger partial charge in [0.05, 0.1) is 0 Å². The largest absolute Gasteiger partial charge is 0.0887 e. The van der Waals surface area contributed by atoms with Crippen molar-refractivity contribution >= 4 is 15.9 Å². The molecule has 0 N–H and O–H groups in total. The molecule has 0 bridgehead atoms. The van der Waals surface area contributed by atoms with E-state index in [2.05, 4.69) is 61.0 Å². The average molecular weight is 269 g/mol. The van der Waals surface area contributed by atoms with Crippen molar-refractivity contribution < 1.29 is 0 Å². The summed E-state index contributed by atoms with van der Waals surface area (Å²) in [5.74, 6) is 0.808. The summed E-state index contributed by atoms with van der Waals surface area (Å²) in [7, 11) is 0. The lowest BCUT2D eigenvalue weighted by Gasteiger charge is -2.11. The molecule has 0 aliphatic rings. The van der Waals surface area contributed by atoms with Gasteiger partial charge in [0, 0.05) is 4.83 Å². The monoisotopic (exact) mass is 268 g/mol. The highest BCUT2D eigenvalue weighted by molar-refractivity contribution is 9.09. The van der Waals surface area contributed by atoms with Crippen LogP contribution >= 0.6 is 15.9 Å². The SMILES string of the molecule is Cc1ccc(CC(Br)CCC(C)C)cc1. The summed E-state index contributed by atoms with van der Waals surface area (Å²) in [6, 6.07) is 8.85. The fraction of sp³-hybridized carbons (Fsp3) is 0.571. The van der Waals surface area contributed by atoms with Crippen LogP contribution in [-0.4, -0.2) is 4.83 Å². The van der Waals surface area contributed by atoms with E-state index in [0.717, 1.165) is 12.3 Å². The summed E-state index contributed by atoms with van der Waals surface area (Å²) in [6.45, 7) is 6.70. The second kappa shape index (κ2) is 6.32. The number of halogens is 1. The second-order valence-electron chi connectivity index (χ2n) is 4.76. The van der Waals surface area contributed by atoms with Crippen molar-refractivity contribution in [1.82, 2.24) is 0 Å². The van der Waals surface area contributed by atoms with Gasteiger partial charge in [0.1, 0.15) is 0 Å². The van der Waals surface area contributed by atoms with Gasteiger partial charge in [0.2, 0.25) is 0 Å². The molecule has 0 saturated carbocycles. The van der Waals surface area contributed by atoms with E-state index >= 15 is 0 Å². The molecule has 0 amide bonds. The van der Waals surface area contributed by atoms with Gasteiger partial charge in [-0.15, -0.1) is 0 Å². The Kier molecular flexibility index (Phi) is 5.38. The van der Waals surface area contributed by atoms with Gasteiger partial charge in [-0.3, -0.25) is 0 Å². The maximum Gasteiger partial charge on any atom is 0.0186 e. The number of alkyl halides is 1. The van der Waals surface area contributed by atoms with Crippen LogP contribution in [0.3, 0.4) is 0 Å². The summed E-state index contributed by atoms with van der Waals surface area (Å²) in [6.07, 6.45) is 3.72. The third-order valence-electron chi connectivity index (χ3n) is 2.64. The number of hydrogen-bond acceptors (Lipinski definition) is 0. The normalized spacial score (nSPS) is 13.1. The van der Waals surface area contributed by atoms with E-state index in [0.29, 0.717) is 4.83 Å². The zero-order valence-corrected chi connectivity index (χ0v) is 11.5. The first kappa shape index (κ1) is 12.8. The van der Waals surface area contributed by atoms with Crippen molar-refractivity contribution in [1.29, 1.82) is 0 Å². The van der Waals surface area contributed by atoms with Crippen molar-refractivity contribution in [3.63, 3.8) is 0 Å². The molecule has 1 unspecified atom stereocenters. The van der Waals surface area contributed by atoms with Gasteiger partial charge < -0.3 is 0 Å². The topological polar surface area (TPSA) is 0 Å². The van der Waals surface area contributed by atoms with E-state index in [1.54, 1.807) is 0 Å². The molecular formula is C14H21Br. The van der Waals surface area contributed by atoms with E-state index in [1.807, 2.05) is 0 Å². The predicted molar refractivity (Wildman–Crippen MR) is 71.7 cm³/mol. The standard InChI is InChI=1S/C14H21Br/c1-11(2)4-9-14(15)10-13-7-5-12(3)6-8-13/h5-8,11,14H,4,9-10H2,1-3H3. The summed E-state index contributed by atoms with van der Waals surface area (Å²) in [5.41, 5.74) is 2.78. The minimum absolute atomic E-state index is 0.627. The molecule has 1 rings (SSSR count). The molecule has 1 aromatic carbocycles. The molecule has 1 heteroatoms. The third-order valence-corrected chi connectivity index (χ3v) is 3.42. The molecule has 0 heterocycles. The first-order valence-corrected chi connectivity index (χ1v) is 6.69. The van der Waals surface area contributed by atoms with Gasteiger partial charge in [-0.2, -0.15) is 0 Å². The van der Waals surface area contributed by atoms with Crippen LogP contribution in [0, 0.1) is 12.8 Å². The highest BCUT2D eigenvalue weighted by Crippen LogP contribution is 2.18. The van der Waals surface area contributed by atoms with Gasteiger partial charge >= 0.3 is 0 Å². The smallest absolute Gasteiger partial charge is 0.0186 e. The van der Waals surface area contributed by atoms with Crippen molar-refractivity contribution in [2.75, 3.05) is 0 Å². The molecule has 0 saturated heterocycles. The van der Waals surface area contributed by atoms with E-state index in [-0.39, 0.29) is 0 Å². The van der Waals surface area contributed by atoms with Crippen LogP contribution in [0.5, 0.6) is 0 Å². The Labute approximate surface area is 102 Å². The van der Waals surface area contributed by atoms with Gasteiger partial charge in [-0.1, -0.05) is 59.6 Å². The predicted octanol–water partition coefficient (Wildman–Crippen LogP) is 4.74. The summed E-state index contributed by atoms with van der Waals surface area (Å²) < 4.78 is 0. The van der Waals surface area contributed by atoms with Crippen LogP contribution in [0.4, 0.5) is 0 Å². The lowest BCUT2D eigenvalue weighted by atomic mass is 10.0. The van der Waals surface area contributed by atoms with E-state index < -0.39 is 0 Å². The molecular weight excluding hydrogens is 248 g/mol. The van der Waals surface area contributed by atoms with Gasteiger partial charge in [0.25, 0.3) is 0 Å². The number of rotatable bonds is 5.